The average Bonchev–Trinajstić information content (AvgIpc) is 3.15. The van der Waals surface area contributed by atoms with Crippen molar-refractivity contribution in [2.24, 2.45) is 0 Å². The fourth-order valence-electron chi connectivity index (χ4n) is 3.49. The standard InChI is InChI=1S/C19H20N2O5S/c1-4-5-12(10(2)26-3)9-21-18(24)16-15-11(8-14(22)23)6-7-13(15)27-17(16)20-19(21)25/h4-5,11H,1-2,6-9H2,3H3,(H,20,25)(H,22,23). The maximum absolute atomic E-state index is 13.1. The van der Waals surface area contributed by atoms with Crippen molar-refractivity contribution in [3.8, 4) is 0 Å². The van der Waals surface area contributed by atoms with Crippen molar-refractivity contribution >= 4 is 27.5 Å². The lowest BCUT2D eigenvalue weighted by Gasteiger charge is -2.12. The molecule has 0 bridgehead atoms. The van der Waals surface area contributed by atoms with Gasteiger partial charge in [0.1, 0.15) is 10.6 Å². The molecule has 0 spiro atoms. The van der Waals surface area contributed by atoms with E-state index in [1.807, 2.05) is 0 Å². The van der Waals surface area contributed by atoms with Crippen LogP contribution < -0.4 is 11.2 Å². The van der Waals surface area contributed by atoms with Crippen molar-refractivity contribution in [2.45, 2.75) is 31.7 Å². The van der Waals surface area contributed by atoms with Gasteiger partial charge in [0.2, 0.25) is 0 Å². The van der Waals surface area contributed by atoms with Crippen LogP contribution in [0.25, 0.3) is 10.2 Å². The Hall–Kier alpha value is -2.87. The summed E-state index contributed by atoms with van der Waals surface area (Å²) in [6.45, 7) is 7.39. The summed E-state index contributed by atoms with van der Waals surface area (Å²) in [6.07, 6.45) is 4.55. The highest BCUT2D eigenvalue weighted by molar-refractivity contribution is 7.18. The number of aromatic nitrogens is 2. The van der Waals surface area contributed by atoms with Gasteiger partial charge in [0, 0.05) is 10.5 Å². The quantitative estimate of drug-likeness (QED) is 0.561. The van der Waals surface area contributed by atoms with Gasteiger partial charge < -0.3 is 9.84 Å². The zero-order valence-corrected chi connectivity index (χ0v) is 15.7. The molecule has 1 atom stereocenters. The smallest absolute Gasteiger partial charge is 0.329 e. The van der Waals surface area contributed by atoms with Crippen LogP contribution in [0.1, 0.15) is 29.2 Å². The number of allylic oxidation sites excluding steroid dienone is 3. The molecule has 2 aromatic rings. The molecule has 7 nitrogen and oxygen atoms in total. The predicted octanol–water partition coefficient (Wildman–Crippen LogP) is 2.53. The Balaban J connectivity index is 2.16. The highest BCUT2D eigenvalue weighted by atomic mass is 32.1. The molecule has 142 valence electrons. The molecule has 0 saturated carbocycles. The number of ether oxygens (including phenoxy) is 1. The molecule has 0 radical (unpaired) electrons. The number of carboxylic acid groups (broad SMARTS) is 1. The molecule has 3 rings (SSSR count). The minimum absolute atomic E-state index is 0.0168. The van der Waals surface area contributed by atoms with Crippen molar-refractivity contribution < 1.29 is 14.6 Å². The van der Waals surface area contributed by atoms with Gasteiger partial charge in [-0.1, -0.05) is 25.3 Å². The number of aromatic amines is 1. The summed E-state index contributed by atoms with van der Waals surface area (Å²) in [4.78, 5) is 41.0. The summed E-state index contributed by atoms with van der Waals surface area (Å²) >= 11 is 1.36. The number of H-pyrrole nitrogens is 1. The molecule has 2 heterocycles. The van der Waals surface area contributed by atoms with E-state index in [9.17, 15) is 14.4 Å². The molecule has 27 heavy (non-hydrogen) atoms. The number of carbonyl (C=O) groups is 1. The Morgan fingerprint density at radius 1 is 1.48 bits per heavy atom. The summed E-state index contributed by atoms with van der Waals surface area (Å²) < 4.78 is 6.21. The molecule has 2 N–H and O–H groups in total. The average molecular weight is 388 g/mol. The fraction of sp³-hybridized carbons (Fsp3) is 0.316. The molecule has 1 aliphatic carbocycles. The second-order valence-corrected chi connectivity index (χ2v) is 7.46. The number of fused-ring (bicyclic) bond motifs is 3. The highest BCUT2D eigenvalue weighted by Gasteiger charge is 2.31. The highest BCUT2D eigenvalue weighted by Crippen LogP contribution is 2.43. The number of rotatable bonds is 7. The molecular formula is C19H20N2O5S. The first kappa shape index (κ1) is 18.9. The molecule has 1 aliphatic rings. The molecule has 0 amide bonds. The number of hydrogen-bond donors (Lipinski definition) is 2. The lowest BCUT2D eigenvalue weighted by atomic mass is 9.98. The first-order valence-corrected chi connectivity index (χ1v) is 9.24. The van der Waals surface area contributed by atoms with Gasteiger partial charge in [-0.15, -0.1) is 11.3 Å². The third-order valence-corrected chi connectivity index (χ3v) is 5.93. The Morgan fingerprint density at radius 2 is 2.22 bits per heavy atom. The topological polar surface area (TPSA) is 101 Å². The second-order valence-electron chi connectivity index (χ2n) is 6.35. The van der Waals surface area contributed by atoms with Crippen LogP contribution >= 0.6 is 11.3 Å². The van der Waals surface area contributed by atoms with Gasteiger partial charge >= 0.3 is 11.7 Å². The lowest BCUT2D eigenvalue weighted by molar-refractivity contribution is -0.137. The van der Waals surface area contributed by atoms with E-state index >= 15 is 0 Å². The van der Waals surface area contributed by atoms with Gasteiger partial charge in [0.25, 0.3) is 5.56 Å². The van der Waals surface area contributed by atoms with Crippen LogP contribution in [0.4, 0.5) is 0 Å². The van der Waals surface area contributed by atoms with E-state index in [4.69, 9.17) is 9.84 Å². The summed E-state index contributed by atoms with van der Waals surface area (Å²) in [5.74, 6) is -0.777. The van der Waals surface area contributed by atoms with Crippen molar-refractivity contribution in [1.82, 2.24) is 9.55 Å². The van der Waals surface area contributed by atoms with Gasteiger partial charge in [0.05, 0.1) is 25.5 Å². The Labute approximate surface area is 158 Å². The van der Waals surface area contributed by atoms with E-state index < -0.39 is 17.2 Å². The zero-order valence-electron chi connectivity index (χ0n) is 14.9. The van der Waals surface area contributed by atoms with Crippen LogP contribution in [0.5, 0.6) is 0 Å². The summed E-state index contributed by atoms with van der Waals surface area (Å²) in [5.41, 5.74) is 0.365. The lowest BCUT2D eigenvalue weighted by Crippen LogP contribution is -2.35. The molecule has 0 fully saturated rings. The Morgan fingerprint density at radius 3 is 2.85 bits per heavy atom. The largest absolute Gasteiger partial charge is 0.497 e. The van der Waals surface area contributed by atoms with Crippen molar-refractivity contribution in [1.29, 1.82) is 0 Å². The van der Waals surface area contributed by atoms with Crippen molar-refractivity contribution in [2.75, 3.05) is 7.11 Å². The summed E-state index contributed by atoms with van der Waals surface area (Å²) in [5, 5.41) is 9.58. The second kappa shape index (κ2) is 7.40. The number of aliphatic carboxylic acids is 1. The van der Waals surface area contributed by atoms with Crippen LogP contribution in [0.2, 0.25) is 0 Å². The van der Waals surface area contributed by atoms with Crippen LogP contribution in [-0.4, -0.2) is 27.7 Å². The van der Waals surface area contributed by atoms with Gasteiger partial charge in [0.15, 0.2) is 0 Å². The molecule has 2 aromatic heterocycles. The maximum atomic E-state index is 13.1. The molecule has 0 aliphatic heterocycles. The third-order valence-electron chi connectivity index (χ3n) is 4.75. The van der Waals surface area contributed by atoms with E-state index in [0.29, 0.717) is 28.0 Å². The number of aryl methyl sites for hydroxylation is 1. The Kier molecular flexibility index (Phi) is 5.18. The Bertz CT molecular complexity index is 1090. The van der Waals surface area contributed by atoms with E-state index in [-0.39, 0.29) is 18.9 Å². The number of hydrogen-bond acceptors (Lipinski definition) is 5. The van der Waals surface area contributed by atoms with E-state index in [2.05, 4.69) is 18.1 Å². The van der Waals surface area contributed by atoms with Crippen LogP contribution in [0, 0.1) is 0 Å². The maximum Gasteiger partial charge on any atom is 0.329 e. The fourth-order valence-corrected chi connectivity index (χ4v) is 4.77. The van der Waals surface area contributed by atoms with Crippen LogP contribution in [0.15, 0.2) is 46.2 Å². The van der Waals surface area contributed by atoms with E-state index in [1.54, 1.807) is 6.08 Å². The summed E-state index contributed by atoms with van der Waals surface area (Å²) in [7, 11) is 1.46. The zero-order chi connectivity index (χ0) is 19.7. The van der Waals surface area contributed by atoms with Crippen molar-refractivity contribution in [3.63, 3.8) is 0 Å². The summed E-state index contributed by atoms with van der Waals surface area (Å²) in [6, 6.07) is 0. The third kappa shape index (κ3) is 3.40. The van der Waals surface area contributed by atoms with Gasteiger partial charge in [-0.2, -0.15) is 0 Å². The van der Waals surface area contributed by atoms with Crippen LogP contribution in [0.3, 0.4) is 0 Å². The number of thiophene rings is 1. The monoisotopic (exact) mass is 388 g/mol. The first-order chi connectivity index (χ1) is 12.9. The molecule has 8 heteroatoms. The number of nitrogens with one attached hydrogen (secondary N) is 1. The molecule has 1 unspecified atom stereocenters. The first-order valence-electron chi connectivity index (χ1n) is 8.42. The van der Waals surface area contributed by atoms with E-state index in [1.165, 1.54) is 24.5 Å². The van der Waals surface area contributed by atoms with Crippen molar-refractivity contribution in [3.05, 3.63) is 67.9 Å². The number of methoxy groups -OCH3 is 1. The van der Waals surface area contributed by atoms with Gasteiger partial charge in [-0.05, 0) is 24.3 Å². The predicted molar refractivity (Wildman–Crippen MR) is 104 cm³/mol. The van der Waals surface area contributed by atoms with Crippen LogP contribution in [-0.2, 0) is 22.5 Å². The normalized spacial score (nSPS) is 16.3. The molecule has 0 aromatic carbocycles. The van der Waals surface area contributed by atoms with Gasteiger partial charge in [-0.3, -0.25) is 19.1 Å². The molecular weight excluding hydrogens is 368 g/mol. The minimum atomic E-state index is -0.899. The number of nitrogens with zero attached hydrogens (tertiary/aromatic N) is 1. The molecule has 0 saturated heterocycles. The SMILES string of the molecule is C=CC=C(Cn1c(=O)[nH]c2sc3c(c2c1=O)C(CC(=O)O)CC3)C(=C)OC. The van der Waals surface area contributed by atoms with Gasteiger partial charge in [-0.25, -0.2) is 4.79 Å². The van der Waals surface area contributed by atoms with E-state index in [0.717, 1.165) is 21.4 Å². The minimum Gasteiger partial charge on any atom is -0.497 e. The number of carboxylic acids is 1.